The maximum Gasteiger partial charge on any atom is 0.410 e. The zero-order valence-electron chi connectivity index (χ0n) is 16.3. The maximum absolute atomic E-state index is 14.8. The Hall–Kier alpha value is -1.82. The Morgan fingerprint density at radius 2 is 0.308 bits per heavy atom. The minimum absolute atomic E-state index is 9.79. The van der Waals surface area contributed by atoms with Crippen LogP contribution < -0.4 is 0 Å². The van der Waals surface area contributed by atoms with Crippen molar-refractivity contribution in [2.75, 3.05) is 0 Å². The predicted octanol–water partition coefficient (Wildman–Crippen LogP) is 9.08. The molecule has 26 heteroatoms. The fraction of sp³-hybridized carbons (Fsp3) is 1.00. The Morgan fingerprint density at radius 1 is 0.205 bits per heavy atom. The summed E-state index contributed by atoms with van der Waals surface area (Å²) in [4.78, 5) is 0. The van der Waals surface area contributed by atoms with Gasteiger partial charge in [-0.25, -0.2) is 8.78 Å². The van der Waals surface area contributed by atoms with Gasteiger partial charge in [0.05, 0.1) is 0 Å². The van der Waals surface area contributed by atoms with E-state index in [1.54, 1.807) is 0 Å². The molecule has 0 aliphatic heterocycles. The van der Waals surface area contributed by atoms with E-state index in [1.807, 2.05) is 0 Å². The van der Waals surface area contributed by atoms with Crippen molar-refractivity contribution in [1.82, 2.24) is 0 Å². The zero-order chi connectivity index (χ0) is 32.5. The normalized spacial score (nSPS) is 24.2. The van der Waals surface area contributed by atoms with Crippen molar-refractivity contribution in [3.8, 4) is 0 Å². The largest absolute Gasteiger partial charge is 0.410 e. The Bertz CT molecular complexity index is 796. The molecule has 1 saturated carbocycles. The highest BCUT2D eigenvalue weighted by Crippen LogP contribution is 2.97. The summed E-state index contributed by atoms with van der Waals surface area (Å²) in [6, 6.07) is 0. The Balaban J connectivity index is 5.66. The lowest BCUT2D eigenvalue weighted by atomic mass is 9.49. The van der Waals surface area contributed by atoms with E-state index >= 15 is 0 Å². The van der Waals surface area contributed by atoms with Crippen LogP contribution in [0.1, 0.15) is 0 Å². The predicted molar refractivity (Wildman–Crippen MR) is 63.1 cm³/mol. The average molecular weight is 650 g/mol. The molecule has 0 saturated heterocycles. The molecule has 0 aromatic heterocycles. The van der Waals surface area contributed by atoms with Gasteiger partial charge in [0.15, 0.2) is 0 Å². The van der Waals surface area contributed by atoms with Gasteiger partial charge in [0, 0.05) is 0 Å². The van der Waals surface area contributed by atoms with Crippen LogP contribution in [0.25, 0.3) is 0 Å². The molecule has 1 rings (SSSR count). The highest BCUT2D eigenvalue weighted by Gasteiger charge is 3.23. The van der Waals surface area contributed by atoms with Gasteiger partial charge in [-0.2, -0.15) is 105 Å². The number of halogens is 26. The minimum Gasteiger partial charge on any atom is -0.204 e. The molecule has 0 nitrogen and oxygen atoms in total. The maximum atomic E-state index is 14.8. The van der Waals surface area contributed by atoms with E-state index in [1.165, 1.54) is 0 Å². The van der Waals surface area contributed by atoms with Crippen molar-refractivity contribution in [3.63, 3.8) is 0 Å². The van der Waals surface area contributed by atoms with Crippen molar-refractivity contribution in [2.24, 2.45) is 21.7 Å². The summed E-state index contributed by atoms with van der Waals surface area (Å²) >= 11 is 0. The van der Waals surface area contributed by atoms with Crippen molar-refractivity contribution in [3.05, 3.63) is 0 Å². The number of alkyl halides is 26. The summed E-state index contributed by atoms with van der Waals surface area (Å²) in [5, 5.41) is 0. The van der Waals surface area contributed by atoms with E-state index in [0.717, 1.165) is 0 Å². The third-order valence-corrected chi connectivity index (χ3v) is 6.03. The molecule has 0 spiro atoms. The summed E-state index contributed by atoms with van der Waals surface area (Å²) in [6.07, 6.45) is -79.1. The fourth-order valence-electron chi connectivity index (χ4n) is 5.22. The molecular weight excluding hydrogens is 650 g/mol. The topological polar surface area (TPSA) is 0 Å². The first-order valence-corrected chi connectivity index (χ1v) is 8.16. The fourth-order valence-corrected chi connectivity index (χ4v) is 5.22. The van der Waals surface area contributed by atoms with Crippen LogP contribution in [0.15, 0.2) is 0 Å². The number of rotatable bonds is 0. The average Bonchev–Trinajstić information content (AvgIpc) is 2.68. The zero-order valence-corrected chi connectivity index (χ0v) is 16.3. The monoisotopic (exact) mass is 650 g/mol. The summed E-state index contributed by atoms with van der Waals surface area (Å²) in [5.74, 6) is -10.4. The van der Waals surface area contributed by atoms with Gasteiger partial charge in [0.1, 0.15) is 0 Å². The second-order valence-electron chi connectivity index (χ2n) is 7.56. The molecule has 0 aromatic carbocycles. The third-order valence-electron chi connectivity index (χ3n) is 6.03. The number of hydrogen-bond donors (Lipinski definition) is 0. The quantitative estimate of drug-likeness (QED) is 0.230. The van der Waals surface area contributed by atoms with E-state index in [9.17, 15) is 114 Å². The molecule has 0 bridgehead atoms. The molecule has 0 heterocycles. The molecule has 0 aromatic rings. The molecule has 1 fully saturated rings. The summed E-state index contributed by atoms with van der Waals surface area (Å²) in [6.45, 7) is 0. The summed E-state index contributed by atoms with van der Waals surface area (Å²) in [5.41, 5.74) is -42.6. The van der Waals surface area contributed by atoms with Gasteiger partial charge in [0.2, 0.25) is 21.7 Å². The third kappa shape index (κ3) is 3.19. The van der Waals surface area contributed by atoms with Crippen LogP contribution in [0.4, 0.5) is 114 Å². The van der Waals surface area contributed by atoms with Crippen LogP contribution in [-0.4, -0.2) is 55.3 Å². The Morgan fingerprint density at radius 3 is 0.385 bits per heavy atom. The molecular formula is C13F26. The van der Waals surface area contributed by atoms with Gasteiger partial charge in [-0.15, -0.1) is 0 Å². The van der Waals surface area contributed by atoms with Crippen LogP contribution in [0.3, 0.4) is 0 Å². The molecule has 0 atom stereocenters. The van der Waals surface area contributed by atoms with E-state index < -0.39 is 77.0 Å². The van der Waals surface area contributed by atoms with Gasteiger partial charge in [-0.3, -0.25) is 0 Å². The van der Waals surface area contributed by atoms with Crippen molar-refractivity contribution in [1.29, 1.82) is 0 Å². The van der Waals surface area contributed by atoms with Gasteiger partial charge in [-0.1, -0.05) is 0 Å². The first kappa shape index (κ1) is 35.2. The smallest absolute Gasteiger partial charge is 0.204 e. The van der Waals surface area contributed by atoms with Gasteiger partial charge in [0.25, 0.3) is 5.92 Å². The standard InChI is InChI=1S/C13F26/c14-5(15)3(10(28,29)30,11(31,32)33)1(6(16,17)18,7(19,20)21)2(8(22,23)24,9(25,26)27)4(5,12(34,35)36)13(37,38)39. The first-order valence-electron chi connectivity index (χ1n) is 8.16. The molecule has 1 aliphatic rings. The summed E-state index contributed by atoms with van der Waals surface area (Å²) < 4.78 is 356. The van der Waals surface area contributed by atoms with Crippen LogP contribution in [-0.2, 0) is 0 Å². The molecule has 1 aliphatic carbocycles. The van der Waals surface area contributed by atoms with Crippen LogP contribution >= 0.6 is 0 Å². The van der Waals surface area contributed by atoms with Crippen molar-refractivity contribution in [2.45, 2.75) is 55.3 Å². The lowest BCUT2D eigenvalue weighted by Crippen LogP contribution is -2.81. The SMILES string of the molecule is FC(F)(F)C1(C(F)(F)F)C(F)(F)C(C(F)(F)F)(C(F)(F)F)C(C(F)(F)F)(C(F)(F)F)C1(C(F)(F)F)C(F)(F)F. The van der Waals surface area contributed by atoms with Crippen LogP contribution in [0, 0.1) is 21.7 Å². The van der Waals surface area contributed by atoms with Crippen molar-refractivity contribution >= 4 is 0 Å². The second-order valence-corrected chi connectivity index (χ2v) is 7.56. The van der Waals surface area contributed by atoms with Gasteiger partial charge < -0.3 is 0 Å². The summed E-state index contributed by atoms with van der Waals surface area (Å²) in [7, 11) is 0. The van der Waals surface area contributed by atoms with Gasteiger partial charge in [-0.05, 0) is 0 Å². The molecule has 0 unspecified atom stereocenters. The van der Waals surface area contributed by atoms with Crippen molar-refractivity contribution < 1.29 is 114 Å². The molecule has 0 radical (unpaired) electrons. The Labute approximate surface area is 192 Å². The molecule has 39 heavy (non-hydrogen) atoms. The van der Waals surface area contributed by atoms with E-state index in [-0.39, 0.29) is 0 Å². The first-order chi connectivity index (χ1) is 16.2. The lowest BCUT2D eigenvalue weighted by molar-refractivity contribution is -0.546. The number of hydrogen-bond acceptors (Lipinski definition) is 0. The lowest BCUT2D eigenvalue weighted by Gasteiger charge is -2.56. The van der Waals surface area contributed by atoms with Crippen LogP contribution in [0.2, 0.25) is 0 Å². The van der Waals surface area contributed by atoms with E-state index in [4.69, 9.17) is 0 Å². The molecule has 0 amide bonds. The minimum atomic E-state index is -10.8. The molecule has 0 N–H and O–H groups in total. The van der Waals surface area contributed by atoms with E-state index in [0.29, 0.717) is 0 Å². The second kappa shape index (κ2) is 7.72. The highest BCUT2D eigenvalue weighted by atomic mass is 19.5. The van der Waals surface area contributed by atoms with Gasteiger partial charge >= 0.3 is 49.4 Å². The Kier molecular flexibility index (Phi) is 6.97. The molecule has 234 valence electrons. The van der Waals surface area contributed by atoms with Crippen LogP contribution in [0.5, 0.6) is 0 Å². The highest BCUT2D eigenvalue weighted by molar-refractivity contribution is 5.42. The van der Waals surface area contributed by atoms with E-state index in [2.05, 4.69) is 0 Å².